The Labute approximate surface area is 161 Å². The summed E-state index contributed by atoms with van der Waals surface area (Å²) < 4.78 is 40.3. The number of carbonyl (C=O) groups excluding carboxylic acids is 1. The summed E-state index contributed by atoms with van der Waals surface area (Å²) in [4.78, 5) is 24.3. The quantitative estimate of drug-likeness (QED) is 0.590. The van der Waals surface area contributed by atoms with Gasteiger partial charge in [-0.1, -0.05) is 35.9 Å². The molecule has 6 nitrogen and oxygen atoms in total. The summed E-state index contributed by atoms with van der Waals surface area (Å²) in [6.45, 7) is 0. The van der Waals surface area contributed by atoms with Gasteiger partial charge in [-0.25, -0.2) is 0 Å². The van der Waals surface area contributed by atoms with E-state index in [9.17, 15) is 22.8 Å². The molecule has 146 valence electrons. The molecule has 0 radical (unpaired) electrons. The van der Waals surface area contributed by atoms with Crippen molar-refractivity contribution in [3.8, 4) is 17.0 Å². The third-order valence-corrected chi connectivity index (χ3v) is 3.95. The Balaban J connectivity index is 1.71. The van der Waals surface area contributed by atoms with Crippen LogP contribution in [0.25, 0.3) is 11.3 Å². The van der Waals surface area contributed by atoms with Crippen molar-refractivity contribution in [1.82, 2.24) is 10.2 Å². The number of carbonyl (C=O) groups is 1. The van der Waals surface area contributed by atoms with Gasteiger partial charge in [0.1, 0.15) is 11.4 Å². The first-order valence-corrected chi connectivity index (χ1v) is 8.30. The van der Waals surface area contributed by atoms with Gasteiger partial charge in [0.2, 0.25) is 5.91 Å². The maximum absolute atomic E-state index is 12.3. The number of hydrogen-bond acceptors (Lipinski definition) is 3. The van der Waals surface area contributed by atoms with Gasteiger partial charge >= 0.3 is 6.36 Å². The van der Waals surface area contributed by atoms with E-state index in [1.165, 1.54) is 12.1 Å². The SMILES string of the molecule is O=C(Cc1ccc(OC(F)(F)F)cc1)Nc1c(-c2ccc(Cl)cc2)[nH][nH]c1=O. The molecule has 3 N–H and O–H groups in total. The van der Waals surface area contributed by atoms with Crippen molar-refractivity contribution in [2.24, 2.45) is 0 Å². The molecule has 0 unspecified atom stereocenters. The minimum atomic E-state index is -4.79. The highest BCUT2D eigenvalue weighted by Gasteiger charge is 2.31. The fourth-order valence-electron chi connectivity index (χ4n) is 2.49. The fourth-order valence-corrected chi connectivity index (χ4v) is 2.61. The van der Waals surface area contributed by atoms with Gasteiger partial charge in [0, 0.05) is 10.6 Å². The Morgan fingerprint density at radius 1 is 1.04 bits per heavy atom. The molecule has 0 saturated carbocycles. The highest BCUT2D eigenvalue weighted by atomic mass is 35.5. The van der Waals surface area contributed by atoms with Gasteiger partial charge in [0.05, 0.1) is 12.1 Å². The number of amides is 1. The molecule has 0 spiro atoms. The van der Waals surface area contributed by atoms with Crippen LogP contribution in [0.5, 0.6) is 5.75 Å². The van der Waals surface area contributed by atoms with E-state index in [2.05, 4.69) is 20.3 Å². The van der Waals surface area contributed by atoms with E-state index < -0.39 is 17.8 Å². The normalized spacial score (nSPS) is 11.3. The predicted octanol–water partition coefficient (Wildman–Crippen LogP) is 4.10. The minimum Gasteiger partial charge on any atom is -0.406 e. The summed E-state index contributed by atoms with van der Waals surface area (Å²) in [6.07, 6.45) is -4.93. The maximum atomic E-state index is 12.3. The lowest BCUT2D eigenvalue weighted by Gasteiger charge is -2.09. The van der Waals surface area contributed by atoms with Gasteiger partial charge in [0.25, 0.3) is 5.56 Å². The standard InChI is InChI=1S/C18H13ClF3N3O3/c19-12-5-3-11(4-6-12)15-16(17(27)25-24-15)23-14(26)9-10-1-7-13(8-2-10)28-18(20,21)22/h1-8H,9H2,(H,23,26)(H2,24,25,27). The molecule has 1 aromatic heterocycles. The van der Waals surface area contributed by atoms with Gasteiger partial charge in [-0.2, -0.15) is 0 Å². The number of rotatable bonds is 5. The van der Waals surface area contributed by atoms with Crippen LogP contribution in [0.1, 0.15) is 5.56 Å². The number of ether oxygens (including phenoxy) is 1. The van der Waals surface area contributed by atoms with Crippen molar-refractivity contribution in [2.45, 2.75) is 12.8 Å². The summed E-state index contributed by atoms with van der Waals surface area (Å²) >= 11 is 5.84. The van der Waals surface area contributed by atoms with E-state index in [4.69, 9.17) is 11.6 Å². The van der Waals surface area contributed by atoms with Gasteiger partial charge in [-0.15, -0.1) is 13.2 Å². The lowest BCUT2D eigenvalue weighted by molar-refractivity contribution is -0.274. The van der Waals surface area contributed by atoms with Crippen molar-refractivity contribution < 1.29 is 22.7 Å². The van der Waals surface area contributed by atoms with Crippen LogP contribution in [0.15, 0.2) is 53.3 Å². The average molecular weight is 412 g/mol. The summed E-state index contributed by atoms with van der Waals surface area (Å²) in [5, 5.41) is 8.12. The number of aromatic nitrogens is 2. The van der Waals surface area contributed by atoms with Crippen LogP contribution in [-0.2, 0) is 11.2 Å². The van der Waals surface area contributed by atoms with Crippen molar-refractivity contribution in [3.05, 3.63) is 69.5 Å². The van der Waals surface area contributed by atoms with Crippen molar-refractivity contribution in [1.29, 1.82) is 0 Å². The molecule has 28 heavy (non-hydrogen) atoms. The molecule has 0 fully saturated rings. The van der Waals surface area contributed by atoms with Gasteiger partial charge < -0.3 is 10.1 Å². The Hall–Kier alpha value is -3.20. The van der Waals surface area contributed by atoms with Crippen molar-refractivity contribution in [3.63, 3.8) is 0 Å². The molecule has 3 rings (SSSR count). The van der Waals surface area contributed by atoms with Crippen LogP contribution in [0.3, 0.4) is 0 Å². The maximum Gasteiger partial charge on any atom is 0.573 e. The monoisotopic (exact) mass is 411 g/mol. The van der Waals surface area contributed by atoms with E-state index in [0.717, 1.165) is 12.1 Å². The third-order valence-electron chi connectivity index (χ3n) is 3.70. The van der Waals surface area contributed by atoms with E-state index in [-0.39, 0.29) is 17.9 Å². The molecule has 0 atom stereocenters. The molecule has 0 aliphatic heterocycles. The van der Waals surface area contributed by atoms with Crippen molar-refractivity contribution in [2.75, 3.05) is 5.32 Å². The number of halogens is 4. The fraction of sp³-hybridized carbons (Fsp3) is 0.111. The topological polar surface area (TPSA) is 87.0 Å². The summed E-state index contributed by atoms with van der Waals surface area (Å²) in [5.41, 5.74) is 0.972. The van der Waals surface area contributed by atoms with Crippen LogP contribution in [-0.4, -0.2) is 22.5 Å². The third kappa shape index (κ3) is 4.95. The van der Waals surface area contributed by atoms with E-state index in [0.29, 0.717) is 21.8 Å². The van der Waals surface area contributed by atoms with Crippen LogP contribution < -0.4 is 15.6 Å². The first kappa shape index (κ1) is 19.6. The number of H-pyrrole nitrogens is 2. The minimum absolute atomic E-state index is 0.0318. The molecule has 0 aliphatic rings. The van der Waals surface area contributed by atoms with Crippen LogP contribution in [0.4, 0.5) is 18.9 Å². The lowest BCUT2D eigenvalue weighted by atomic mass is 10.1. The average Bonchev–Trinajstić information content (AvgIpc) is 2.97. The highest BCUT2D eigenvalue weighted by Crippen LogP contribution is 2.25. The Morgan fingerprint density at radius 2 is 1.68 bits per heavy atom. The second kappa shape index (κ2) is 7.81. The molecule has 1 amide bonds. The molecular weight excluding hydrogens is 399 g/mol. The zero-order valence-electron chi connectivity index (χ0n) is 14.1. The molecule has 2 aromatic carbocycles. The first-order chi connectivity index (χ1) is 13.2. The summed E-state index contributed by atoms with van der Waals surface area (Å²) in [6, 6.07) is 11.5. The van der Waals surface area contributed by atoms with E-state index in [1.54, 1.807) is 24.3 Å². The molecule has 3 aromatic rings. The van der Waals surface area contributed by atoms with Gasteiger partial charge in [0.15, 0.2) is 0 Å². The summed E-state index contributed by atoms with van der Waals surface area (Å²) in [5.74, 6) is -0.895. The Morgan fingerprint density at radius 3 is 2.29 bits per heavy atom. The number of nitrogens with one attached hydrogen (secondary N) is 3. The zero-order valence-corrected chi connectivity index (χ0v) is 14.8. The Bertz CT molecular complexity index is 1030. The van der Waals surface area contributed by atoms with Crippen molar-refractivity contribution >= 4 is 23.2 Å². The largest absolute Gasteiger partial charge is 0.573 e. The lowest BCUT2D eigenvalue weighted by Crippen LogP contribution is -2.19. The van der Waals surface area contributed by atoms with Gasteiger partial charge in [-0.05, 0) is 29.8 Å². The molecule has 10 heteroatoms. The van der Waals surface area contributed by atoms with Crippen LogP contribution in [0, 0.1) is 0 Å². The predicted molar refractivity (Wildman–Crippen MR) is 97.3 cm³/mol. The summed E-state index contributed by atoms with van der Waals surface area (Å²) in [7, 11) is 0. The van der Waals surface area contributed by atoms with Crippen LogP contribution >= 0.6 is 11.6 Å². The number of benzene rings is 2. The second-order valence-electron chi connectivity index (χ2n) is 5.75. The Kier molecular flexibility index (Phi) is 5.46. The number of hydrogen-bond donors (Lipinski definition) is 3. The molecular formula is C18H13ClF3N3O3. The van der Waals surface area contributed by atoms with Crippen LogP contribution in [0.2, 0.25) is 5.02 Å². The van der Waals surface area contributed by atoms with E-state index in [1.807, 2.05) is 0 Å². The molecule has 1 heterocycles. The number of alkyl halides is 3. The molecule has 0 bridgehead atoms. The molecule has 0 saturated heterocycles. The zero-order chi connectivity index (χ0) is 20.3. The first-order valence-electron chi connectivity index (χ1n) is 7.92. The molecule has 0 aliphatic carbocycles. The number of anilines is 1. The van der Waals surface area contributed by atoms with E-state index >= 15 is 0 Å². The second-order valence-corrected chi connectivity index (χ2v) is 6.19. The van der Waals surface area contributed by atoms with Gasteiger partial charge in [-0.3, -0.25) is 19.8 Å². The number of aromatic amines is 2. The smallest absolute Gasteiger partial charge is 0.406 e. The highest BCUT2D eigenvalue weighted by molar-refractivity contribution is 6.30.